The maximum atomic E-state index is 11.8. The van der Waals surface area contributed by atoms with Crippen LogP contribution in [-0.4, -0.2) is 12.1 Å². The third kappa shape index (κ3) is 5.01. The number of nitrogens with zero attached hydrogens (tertiary/aromatic N) is 1. The van der Waals surface area contributed by atoms with Crippen LogP contribution in [0.4, 0.5) is 0 Å². The van der Waals surface area contributed by atoms with Crippen LogP contribution in [0.25, 0.3) is 0 Å². The third-order valence-electron chi connectivity index (χ3n) is 3.28. The van der Waals surface area contributed by atoms with E-state index in [0.29, 0.717) is 10.9 Å². The molecule has 0 saturated heterocycles. The van der Waals surface area contributed by atoms with Gasteiger partial charge in [0.15, 0.2) is 0 Å². The number of hydrazone groups is 1. The highest BCUT2D eigenvalue weighted by Gasteiger charge is 2.02. The molecule has 2 rings (SSSR count). The summed E-state index contributed by atoms with van der Waals surface area (Å²) in [7, 11) is 0. The zero-order chi connectivity index (χ0) is 15.9. The van der Waals surface area contributed by atoms with E-state index in [9.17, 15) is 4.79 Å². The molecule has 0 radical (unpaired) electrons. The van der Waals surface area contributed by atoms with Crippen molar-refractivity contribution in [3.05, 3.63) is 70.2 Å². The molecule has 0 spiro atoms. The second-order valence-corrected chi connectivity index (χ2v) is 5.85. The van der Waals surface area contributed by atoms with Gasteiger partial charge in [-0.25, -0.2) is 5.43 Å². The summed E-state index contributed by atoms with van der Waals surface area (Å²) >= 11 is 5.81. The van der Waals surface area contributed by atoms with Gasteiger partial charge < -0.3 is 0 Å². The van der Waals surface area contributed by atoms with E-state index in [0.717, 1.165) is 11.1 Å². The van der Waals surface area contributed by atoms with Crippen molar-refractivity contribution in [2.45, 2.75) is 26.2 Å². The fourth-order valence-electron chi connectivity index (χ4n) is 1.97. The standard InChI is InChI=1S/C18H19ClN2O/c1-13(2)16-7-3-15(4-8-16)12-20-21-18(22)11-14-5-9-17(19)10-6-14/h3-10,12-13H,11H2,1-2H3,(H,21,22)/b20-12-. The molecule has 0 fully saturated rings. The predicted octanol–water partition coefficient (Wildman–Crippen LogP) is 4.16. The van der Waals surface area contributed by atoms with Gasteiger partial charge >= 0.3 is 0 Å². The van der Waals surface area contributed by atoms with E-state index >= 15 is 0 Å². The Balaban J connectivity index is 1.86. The molecule has 0 heterocycles. The first kappa shape index (κ1) is 16.2. The van der Waals surface area contributed by atoms with Crippen molar-refractivity contribution >= 4 is 23.7 Å². The first-order valence-electron chi connectivity index (χ1n) is 7.21. The molecule has 0 bridgehead atoms. The minimum absolute atomic E-state index is 0.155. The van der Waals surface area contributed by atoms with Crippen LogP contribution in [0.15, 0.2) is 53.6 Å². The van der Waals surface area contributed by atoms with Crippen LogP contribution in [0.3, 0.4) is 0 Å². The Hall–Kier alpha value is -2.13. The van der Waals surface area contributed by atoms with E-state index in [-0.39, 0.29) is 12.3 Å². The molecule has 2 aromatic carbocycles. The monoisotopic (exact) mass is 314 g/mol. The Bertz CT molecular complexity index is 646. The first-order valence-corrected chi connectivity index (χ1v) is 7.58. The largest absolute Gasteiger partial charge is 0.273 e. The number of rotatable bonds is 5. The summed E-state index contributed by atoms with van der Waals surface area (Å²) in [4.78, 5) is 11.8. The van der Waals surface area contributed by atoms with E-state index in [1.54, 1.807) is 18.3 Å². The van der Waals surface area contributed by atoms with E-state index in [4.69, 9.17) is 11.6 Å². The lowest BCUT2D eigenvalue weighted by atomic mass is 10.0. The van der Waals surface area contributed by atoms with Crippen LogP contribution in [0.2, 0.25) is 5.02 Å². The van der Waals surface area contributed by atoms with Crippen molar-refractivity contribution in [3.8, 4) is 0 Å². The maximum Gasteiger partial charge on any atom is 0.244 e. The number of carbonyl (C=O) groups is 1. The minimum Gasteiger partial charge on any atom is -0.273 e. The van der Waals surface area contributed by atoms with Crippen molar-refractivity contribution in [2.75, 3.05) is 0 Å². The zero-order valence-electron chi connectivity index (χ0n) is 12.7. The van der Waals surface area contributed by atoms with E-state index < -0.39 is 0 Å². The van der Waals surface area contributed by atoms with Gasteiger partial charge in [0.25, 0.3) is 0 Å². The molecular formula is C18H19ClN2O. The normalized spacial score (nSPS) is 11.1. The quantitative estimate of drug-likeness (QED) is 0.653. The Labute approximate surface area is 136 Å². The van der Waals surface area contributed by atoms with Gasteiger partial charge in [0, 0.05) is 5.02 Å². The average Bonchev–Trinajstić information content (AvgIpc) is 2.50. The molecule has 114 valence electrons. The van der Waals surface area contributed by atoms with Crippen molar-refractivity contribution in [2.24, 2.45) is 5.10 Å². The smallest absolute Gasteiger partial charge is 0.244 e. The van der Waals surface area contributed by atoms with E-state index in [2.05, 4.69) is 36.5 Å². The molecule has 0 unspecified atom stereocenters. The number of hydrogen-bond acceptors (Lipinski definition) is 2. The van der Waals surface area contributed by atoms with Crippen LogP contribution >= 0.6 is 11.6 Å². The number of benzene rings is 2. The highest BCUT2D eigenvalue weighted by atomic mass is 35.5. The number of carbonyl (C=O) groups excluding carboxylic acids is 1. The van der Waals surface area contributed by atoms with Crippen LogP contribution in [0.5, 0.6) is 0 Å². The molecule has 0 saturated carbocycles. The number of amides is 1. The van der Waals surface area contributed by atoms with Gasteiger partial charge in [-0.15, -0.1) is 0 Å². The molecule has 2 aromatic rings. The topological polar surface area (TPSA) is 41.5 Å². The molecule has 0 aliphatic carbocycles. The fourth-order valence-corrected chi connectivity index (χ4v) is 2.10. The van der Waals surface area contributed by atoms with E-state index in [1.165, 1.54) is 5.56 Å². The maximum absolute atomic E-state index is 11.8. The van der Waals surface area contributed by atoms with Gasteiger partial charge in [-0.3, -0.25) is 4.79 Å². The molecule has 0 aliphatic heterocycles. The number of nitrogens with one attached hydrogen (secondary N) is 1. The highest BCUT2D eigenvalue weighted by molar-refractivity contribution is 6.30. The second-order valence-electron chi connectivity index (χ2n) is 5.42. The molecule has 1 amide bonds. The van der Waals surface area contributed by atoms with Gasteiger partial charge in [-0.1, -0.05) is 61.8 Å². The lowest BCUT2D eigenvalue weighted by Crippen LogP contribution is -2.19. The minimum atomic E-state index is -0.155. The SMILES string of the molecule is CC(C)c1ccc(/C=N\NC(=O)Cc2ccc(Cl)cc2)cc1. The summed E-state index contributed by atoms with van der Waals surface area (Å²) in [5.74, 6) is 0.349. The molecule has 22 heavy (non-hydrogen) atoms. The van der Waals surface area contributed by atoms with Gasteiger partial charge in [-0.05, 0) is 34.7 Å². The Morgan fingerprint density at radius 3 is 2.36 bits per heavy atom. The molecule has 0 atom stereocenters. The molecule has 0 aromatic heterocycles. The summed E-state index contributed by atoms with van der Waals surface area (Å²) in [5, 5.41) is 4.64. The van der Waals surface area contributed by atoms with Crippen molar-refractivity contribution in [1.29, 1.82) is 0 Å². The van der Waals surface area contributed by atoms with Crippen molar-refractivity contribution < 1.29 is 4.79 Å². The van der Waals surface area contributed by atoms with E-state index in [1.807, 2.05) is 24.3 Å². The summed E-state index contributed by atoms with van der Waals surface area (Å²) in [6, 6.07) is 15.3. The van der Waals surface area contributed by atoms with Crippen LogP contribution in [0.1, 0.15) is 36.5 Å². The molecule has 3 nitrogen and oxygen atoms in total. The third-order valence-corrected chi connectivity index (χ3v) is 3.54. The van der Waals surface area contributed by atoms with Gasteiger partial charge in [0.1, 0.15) is 0 Å². The first-order chi connectivity index (χ1) is 10.5. The Kier molecular flexibility index (Phi) is 5.73. The summed E-state index contributed by atoms with van der Waals surface area (Å²) in [6.07, 6.45) is 1.92. The molecular weight excluding hydrogens is 296 g/mol. The molecule has 4 heteroatoms. The van der Waals surface area contributed by atoms with Gasteiger partial charge in [-0.2, -0.15) is 5.10 Å². The van der Waals surface area contributed by atoms with Crippen molar-refractivity contribution in [1.82, 2.24) is 5.43 Å². The summed E-state index contributed by atoms with van der Waals surface area (Å²) in [5.41, 5.74) is 5.67. The fraction of sp³-hybridized carbons (Fsp3) is 0.222. The van der Waals surface area contributed by atoms with Crippen LogP contribution in [-0.2, 0) is 11.2 Å². The summed E-state index contributed by atoms with van der Waals surface area (Å²) in [6.45, 7) is 4.31. The number of halogens is 1. The zero-order valence-corrected chi connectivity index (χ0v) is 13.5. The second kappa shape index (κ2) is 7.76. The predicted molar refractivity (Wildman–Crippen MR) is 91.4 cm³/mol. The van der Waals surface area contributed by atoms with Crippen LogP contribution in [0, 0.1) is 0 Å². The van der Waals surface area contributed by atoms with Crippen molar-refractivity contribution in [3.63, 3.8) is 0 Å². The lowest BCUT2D eigenvalue weighted by molar-refractivity contribution is -0.120. The number of hydrogen-bond donors (Lipinski definition) is 1. The lowest BCUT2D eigenvalue weighted by Gasteiger charge is -2.04. The van der Waals surface area contributed by atoms with Gasteiger partial charge in [0.05, 0.1) is 12.6 Å². The Morgan fingerprint density at radius 1 is 1.14 bits per heavy atom. The summed E-state index contributed by atoms with van der Waals surface area (Å²) < 4.78 is 0. The van der Waals surface area contributed by atoms with Gasteiger partial charge in [0.2, 0.25) is 5.91 Å². The Morgan fingerprint density at radius 2 is 1.77 bits per heavy atom. The molecule has 1 N–H and O–H groups in total. The highest BCUT2D eigenvalue weighted by Crippen LogP contribution is 2.13. The van der Waals surface area contributed by atoms with Crippen LogP contribution < -0.4 is 5.43 Å². The molecule has 0 aliphatic rings. The average molecular weight is 315 g/mol.